The minimum atomic E-state index is -0.0467. The molecule has 4 nitrogen and oxygen atoms in total. The minimum absolute atomic E-state index is 0.0467. The first kappa shape index (κ1) is 12.2. The van der Waals surface area contributed by atoms with Gasteiger partial charge in [0, 0.05) is 18.4 Å². The number of halogens is 1. The topological polar surface area (TPSA) is 44.2 Å². The predicted octanol–water partition coefficient (Wildman–Crippen LogP) is 2.24. The highest BCUT2D eigenvalue weighted by molar-refractivity contribution is 6.28. The van der Waals surface area contributed by atoms with Gasteiger partial charge in [0.1, 0.15) is 6.10 Å². The Morgan fingerprint density at radius 3 is 2.93 bits per heavy atom. The van der Waals surface area contributed by atoms with Crippen LogP contribution in [0.3, 0.4) is 0 Å². The van der Waals surface area contributed by atoms with Gasteiger partial charge >= 0.3 is 0 Å². The largest absolute Gasteiger partial charge is 0.472 e. The quantitative estimate of drug-likeness (QED) is 0.728. The molecule has 0 radical (unpaired) electrons. The molecule has 0 N–H and O–H groups in total. The molecule has 1 atom stereocenters. The molecule has 0 amide bonds. The van der Waals surface area contributed by atoms with Crippen molar-refractivity contribution in [1.82, 2.24) is 9.97 Å². The van der Waals surface area contributed by atoms with Crippen molar-refractivity contribution in [3.05, 3.63) is 17.0 Å². The van der Waals surface area contributed by atoms with E-state index < -0.39 is 0 Å². The van der Waals surface area contributed by atoms with Gasteiger partial charge in [-0.2, -0.15) is 4.98 Å². The summed E-state index contributed by atoms with van der Waals surface area (Å²) < 4.78 is 10.8. The van der Waals surface area contributed by atoms with Gasteiger partial charge < -0.3 is 9.47 Å². The number of ether oxygens (including phenoxy) is 2. The van der Waals surface area contributed by atoms with E-state index in [9.17, 15) is 0 Å². The summed E-state index contributed by atoms with van der Waals surface area (Å²) in [4.78, 5) is 7.85. The van der Waals surface area contributed by atoms with E-state index in [-0.39, 0.29) is 11.4 Å². The van der Waals surface area contributed by atoms with Crippen LogP contribution in [0.4, 0.5) is 0 Å². The molecule has 1 rings (SSSR count). The lowest BCUT2D eigenvalue weighted by atomic mass is 10.3. The molecule has 0 bridgehead atoms. The van der Waals surface area contributed by atoms with Gasteiger partial charge in [-0.25, -0.2) is 4.98 Å². The second-order valence-electron chi connectivity index (χ2n) is 3.22. The summed E-state index contributed by atoms with van der Waals surface area (Å²) in [5, 5.41) is 0.194. The van der Waals surface area contributed by atoms with E-state index in [1.807, 2.05) is 20.8 Å². The smallest absolute Gasteiger partial charge is 0.225 e. The molecule has 5 heteroatoms. The second-order valence-corrected chi connectivity index (χ2v) is 3.55. The summed E-state index contributed by atoms with van der Waals surface area (Å²) in [5.41, 5.74) is 0.864. The highest BCUT2D eigenvalue weighted by Crippen LogP contribution is 2.16. The summed E-state index contributed by atoms with van der Waals surface area (Å²) in [6, 6.07) is 0. The Bertz CT molecular complexity index is 320. The number of aromatic nitrogens is 2. The first-order valence-electron chi connectivity index (χ1n) is 4.87. The van der Waals surface area contributed by atoms with Crippen LogP contribution in [0.5, 0.6) is 5.88 Å². The van der Waals surface area contributed by atoms with E-state index >= 15 is 0 Å². The van der Waals surface area contributed by atoms with Crippen molar-refractivity contribution in [2.75, 3.05) is 13.2 Å². The lowest BCUT2D eigenvalue weighted by Gasteiger charge is -2.14. The van der Waals surface area contributed by atoms with Crippen molar-refractivity contribution in [2.45, 2.75) is 26.9 Å². The van der Waals surface area contributed by atoms with Crippen LogP contribution in [-0.2, 0) is 4.74 Å². The molecule has 0 fully saturated rings. The summed E-state index contributed by atoms with van der Waals surface area (Å²) >= 11 is 5.67. The third kappa shape index (κ3) is 4.01. The molecule has 0 aliphatic rings. The van der Waals surface area contributed by atoms with Crippen LogP contribution in [0, 0.1) is 6.92 Å². The average molecular weight is 231 g/mol. The first-order chi connectivity index (χ1) is 7.13. The van der Waals surface area contributed by atoms with E-state index in [4.69, 9.17) is 21.1 Å². The highest BCUT2D eigenvalue weighted by atomic mass is 35.5. The standard InChI is InChI=1S/C10H15ClN2O2/c1-4-14-6-8(3)15-9-7(2)5-12-10(11)13-9/h5,8H,4,6H2,1-3H3. The maximum absolute atomic E-state index is 5.67. The SMILES string of the molecule is CCOCC(C)Oc1nc(Cl)ncc1C. The summed E-state index contributed by atoms with van der Waals surface area (Å²) in [7, 11) is 0. The summed E-state index contributed by atoms with van der Waals surface area (Å²) in [5.74, 6) is 0.516. The van der Waals surface area contributed by atoms with E-state index in [1.165, 1.54) is 0 Å². The van der Waals surface area contributed by atoms with Gasteiger partial charge in [-0.3, -0.25) is 0 Å². The van der Waals surface area contributed by atoms with Crippen molar-refractivity contribution in [3.8, 4) is 5.88 Å². The van der Waals surface area contributed by atoms with Crippen LogP contribution >= 0.6 is 11.6 Å². The van der Waals surface area contributed by atoms with Crippen molar-refractivity contribution in [1.29, 1.82) is 0 Å². The number of nitrogens with zero attached hydrogens (tertiary/aromatic N) is 2. The van der Waals surface area contributed by atoms with Crippen molar-refractivity contribution >= 4 is 11.6 Å². The summed E-state index contributed by atoms with van der Waals surface area (Å²) in [6.07, 6.45) is 1.59. The third-order valence-electron chi connectivity index (χ3n) is 1.77. The molecular formula is C10H15ClN2O2. The lowest BCUT2D eigenvalue weighted by molar-refractivity contribution is 0.0629. The molecule has 0 saturated carbocycles. The number of rotatable bonds is 5. The third-order valence-corrected chi connectivity index (χ3v) is 1.95. The minimum Gasteiger partial charge on any atom is -0.472 e. The average Bonchev–Trinajstić information content (AvgIpc) is 2.20. The zero-order valence-electron chi connectivity index (χ0n) is 9.16. The molecule has 1 aromatic heterocycles. The fraction of sp³-hybridized carbons (Fsp3) is 0.600. The highest BCUT2D eigenvalue weighted by Gasteiger charge is 2.08. The Morgan fingerprint density at radius 1 is 1.53 bits per heavy atom. The molecule has 1 unspecified atom stereocenters. The maximum Gasteiger partial charge on any atom is 0.225 e. The Labute approximate surface area is 94.6 Å². The predicted molar refractivity (Wildman–Crippen MR) is 58.4 cm³/mol. The zero-order valence-corrected chi connectivity index (χ0v) is 9.91. The van der Waals surface area contributed by atoms with Crippen LogP contribution < -0.4 is 4.74 Å². The number of aryl methyl sites for hydroxylation is 1. The van der Waals surface area contributed by atoms with Crippen molar-refractivity contribution in [3.63, 3.8) is 0 Å². The number of hydrogen-bond donors (Lipinski definition) is 0. The molecule has 0 saturated heterocycles. The fourth-order valence-electron chi connectivity index (χ4n) is 1.03. The van der Waals surface area contributed by atoms with Gasteiger partial charge in [-0.15, -0.1) is 0 Å². The molecule has 0 aromatic carbocycles. The normalized spacial score (nSPS) is 12.5. The van der Waals surface area contributed by atoms with Gasteiger partial charge in [-0.05, 0) is 32.4 Å². The monoisotopic (exact) mass is 230 g/mol. The molecule has 0 aliphatic heterocycles. The van der Waals surface area contributed by atoms with Gasteiger partial charge in [0.2, 0.25) is 11.2 Å². The van der Waals surface area contributed by atoms with Crippen LogP contribution in [-0.4, -0.2) is 29.3 Å². The van der Waals surface area contributed by atoms with Crippen molar-refractivity contribution < 1.29 is 9.47 Å². The number of hydrogen-bond acceptors (Lipinski definition) is 4. The second kappa shape index (κ2) is 5.88. The molecule has 1 aromatic rings. The van der Waals surface area contributed by atoms with Gasteiger partial charge in [-0.1, -0.05) is 0 Å². The Morgan fingerprint density at radius 2 is 2.27 bits per heavy atom. The molecule has 0 spiro atoms. The van der Waals surface area contributed by atoms with Gasteiger partial charge in [0.25, 0.3) is 0 Å². The Kier molecular flexibility index (Phi) is 4.78. The Balaban J connectivity index is 2.59. The van der Waals surface area contributed by atoms with E-state index in [1.54, 1.807) is 6.20 Å². The van der Waals surface area contributed by atoms with Gasteiger partial charge in [0.05, 0.1) is 6.61 Å². The van der Waals surface area contributed by atoms with E-state index in [0.29, 0.717) is 19.1 Å². The van der Waals surface area contributed by atoms with Gasteiger partial charge in [0.15, 0.2) is 0 Å². The first-order valence-corrected chi connectivity index (χ1v) is 5.24. The fourth-order valence-corrected chi connectivity index (χ4v) is 1.16. The van der Waals surface area contributed by atoms with Crippen LogP contribution in [0.25, 0.3) is 0 Å². The molecule has 15 heavy (non-hydrogen) atoms. The van der Waals surface area contributed by atoms with E-state index in [2.05, 4.69) is 9.97 Å². The maximum atomic E-state index is 5.67. The molecule has 0 aliphatic carbocycles. The lowest BCUT2D eigenvalue weighted by Crippen LogP contribution is -2.20. The van der Waals surface area contributed by atoms with E-state index in [0.717, 1.165) is 5.56 Å². The zero-order chi connectivity index (χ0) is 11.3. The summed E-state index contributed by atoms with van der Waals surface area (Å²) in [6.45, 7) is 6.96. The van der Waals surface area contributed by atoms with Crippen molar-refractivity contribution in [2.24, 2.45) is 0 Å². The van der Waals surface area contributed by atoms with Crippen LogP contribution in [0.1, 0.15) is 19.4 Å². The molecular weight excluding hydrogens is 216 g/mol. The van der Waals surface area contributed by atoms with Crippen LogP contribution in [0.15, 0.2) is 6.20 Å². The molecule has 84 valence electrons. The van der Waals surface area contributed by atoms with Crippen LogP contribution in [0.2, 0.25) is 5.28 Å². The Hall–Kier alpha value is -0.870. The molecule has 1 heterocycles.